The molecule has 0 radical (unpaired) electrons. The molecule has 318 valence electrons. The van der Waals surface area contributed by atoms with Crippen molar-refractivity contribution in [3.8, 4) is 17.4 Å². The molecular weight excluding hydrogens is 769 g/mol. The average Bonchev–Trinajstić information content (AvgIpc) is 4.05. The molecule has 6 rings (SSSR count). The lowest BCUT2D eigenvalue weighted by molar-refractivity contribution is -0.139. The van der Waals surface area contributed by atoms with E-state index in [1.54, 1.807) is 27.0 Å². The van der Waals surface area contributed by atoms with Crippen molar-refractivity contribution >= 4 is 44.7 Å². The minimum Gasteiger partial charge on any atom is -0.496 e. The third-order valence-corrected chi connectivity index (χ3v) is 13.8. The maximum Gasteiger partial charge on any atom is 0.318 e. The van der Waals surface area contributed by atoms with Gasteiger partial charge in [0, 0.05) is 29.4 Å². The molecule has 0 unspecified atom stereocenters. The molecule has 17 heteroatoms. The molecule has 2 saturated carbocycles. The maximum absolute atomic E-state index is 14.3. The number of methoxy groups -OCH3 is 1. The third-order valence-electron chi connectivity index (χ3n) is 11.6. The highest BCUT2D eigenvalue weighted by atomic mass is 32.2. The number of aromatic nitrogens is 1. The number of ether oxygens (including phenoxy) is 3. The van der Waals surface area contributed by atoms with Crippen LogP contribution in [0.15, 0.2) is 30.4 Å². The number of carbonyl (C=O) groups excluding carboxylic acids is 4. The van der Waals surface area contributed by atoms with Crippen LogP contribution >= 0.6 is 0 Å². The molecule has 2 aromatic rings. The summed E-state index contributed by atoms with van der Waals surface area (Å²) in [5, 5.41) is 13.8. The Morgan fingerprint density at radius 1 is 1.09 bits per heavy atom. The molecule has 5 atom stereocenters. The quantitative estimate of drug-likeness (QED) is 0.126. The number of nitrogens with one attached hydrogen (secondary N) is 2. The second-order valence-corrected chi connectivity index (χ2v) is 19.3. The van der Waals surface area contributed by atoms with Crippen LogP contribution < -0.4 is 30.0 Å². The van der Waals surface area contributed by atoms with Gasteiger partial charge in [0.1, 0.15) is 29.7 Å². The summed E-state index contributed by atoms with van der Waals surface area (Å²) in [7, 11) is -2.07. The molecular formula is C41H58N6O10S. The molecule has 3 heterocycles. The van der Waals surface area contributed by atoms with Crippen molar-refractivity contribution < 1.29 is 46.9 Å². The Labute approximate surface area is 340 Å². The molecule has 0 spiro atoms. The van der Waals surface area contributed by atoms with E-state index in [9.17, 15) is 32.7 Å². The van der Waals surface area contributed by atoms with Crippen molar-refractivity contribution in [1.29, 1.82) is 0 Å². The molecule has 2 aliphatic carbocycles. The largest absolute Gasteiger partial charge is 0.496 e. The predicted octanol–water partition coefficient (Wildman–Crippen LogP) is 3.46. The van der Waals surface area contributed by atoms with Gasteiger partial charge in [-0.2, -0.15) is 0 Å². The zero-order valence-electron chi connectivity index (χ0n) is 34.3. The molecule has 0 bridgehead atoms. The van der Waals surface area contributed by atoms with Crippen LogP contribution in [0.3, 0.4) is 0 Å². The number of carbonyl (C=O) groups is 4. The number of rotatable bonds is 18. The number of aryl methyl sites for hydroxylation is 1. The minimum atomic E-state index is -3.65. The molecule has 5 amide bonds. The second-order valence-electron chi connectivity index (χ2n) is 17.1. The lowest BCUT2D eigenvalue weighted by Crippen LogP contribution is -2.65. The third kappa shape index (κ3) is 9.79. The van der Waals surface area contributed by atoms with Gasteiger partial charge in [0.15, 0.2) is 0 Å². The van der Waals surface area contributed by atoms with Crippen LogP contribution in [0.2, 0.25) is 0 Å². The Morgan fingerprint density at radius 3 is 2.45 bits per heavy atom. The summed E-state index contributed by atoms with van der Waals surface area (Å²) in [4.78, 5) is 60.4. The summed E-state index contributed by atoms with van der Waals surface area (Å²) in [5.41, 5.74) is 6.29. The van der Waals surface area contributed by atoms with Crippen molar-refractivity contribution in [3.05, 3.63) is 35.9 Å². The maximum atomic E-state index is 14.3. The van der Waals surface area contributed by atoms with Crippen LogP contribution in [0.25, 0.3) is 10.9 Å². The number of nitrogens with two attached hydrogens (primary N) is 1. The molecule has 5 N–H and O–H groups in total. The number of sulfonamides is 1. The van der Waals surface area contributed by atoms with Crippen LogP contribution in [-0.4, -0.2) is 113 Å². The van der Waals surface area contributed by atoms with Crippen molar-refractivity contribution in [2.75, 3.05) is 26.7 Å². The number of benzene rings is 1. The second kappa shape index (κ2) is 16.9. The topological polar surface area (TPSA) is 220 Å². The number of nitrogens with zero attached hydrogens (tertiary/aromatic N) is 3. The highest BCUT2D eigenvalue weighted by molar-refractivity contribution is 7.91. The van der Waals surface area contributed by atoms with Gasteiger partial charge >= 0.3 is 6.03 Å². The predicted molar refractivity (Wildman–Crippen MR) is 216 cm³/mol. The number of primary amides is 1. The molecule has 58 heavy (non-hydrogen) atoms. The summed E-state index contributed by atoms with van der Waals surface area (Å²) in [6.45, 7) is 9.26. The van der Waals surface area contributed by atoms with E-state index in [0.717, 1.165) is 24.8 Å². The van der Waals surface area contributed by atoms with Crippen LogP contribution in [0.5, 0.6) is 17.4 Å². The van der Waals surface area contributed by atoms with Gasteiger partial charge in [-0.25, -0.2) is 18.2 Å². The van der Waals surface area contributed by atoms with E-state index < -0.39 is 62.3 Å². The Balaban J connectivity index is 1.08. The molecule has 2 saturated heterocycles. The van der Waals surface area contributed by atoms with E-state index in [4.69, 9.17) is 24.9 Å². The number of allylic oxidation sites excluding steroid dienone is 2. The van der Waals surface area contributed by atoms with Gasteiger partial charge in [-0.1, -0.05) is 25.0 Å². The lowest BCUT2D eigenvalue weighted by atomic mass is 9.97. The first kappa shape index (κ1) is 43.0. The van der Waals surface area contributed by atoms with Crippen LogP contribution in [-0.2, 0) is 24.4 Å². The average molecular weight is 827 g/mol. The summed E-state index contributed by atoms with van der Waals surface area (Å²) in [6.07, 6.45) is 8.20. The number of pyridine rings is 1. The van der Waals surface area contributed by atoms with E-state index in [1.165, 1.54) is 9.80 Å². The number of hydrogen-bond donors (Lipinski definition) is 4. The van der Waals surface area contributed by atoms with Crippen LogP contribution in [0, 0.1) is 18.8 Å². The van der Waals surface area contributed by atoms with Gasteiger partial charge in [-0.15, -0.1) is 0 Å². The fourth-order valence-corrected chi connectivity index (χ4v) is 9.04. The molecule has 1 aromatic heterocycles. The highest BCUT2D eigenvalue weighted by Gasteiger charge is 2.53. The van der Waals surface area contributed by atoms with E-state index in [1.807, 2.05) is 45.1 Å². The fraction of sp³-hybridized carbons (Fsp3) is 0.634. The number of aliphatic hydroxyl groups is 1. The minimum absolute atomic E-state index is 0.00788. The fourth-order valence-electron chi connectivity index (χ4n) is 7.73. The van der Waals surface area contributed by atoms with Gasteiger partial charge in [-0.05, 0) is 91.2 Å². The molecule has 4 fully saturated rings. The Hall–Kier alpha value is -4.64. The lowest BCUT2D eigenvalue weighted by Gasteiger charge is -2.44. The number of unbranched alkanes of at least 4 members (excludes halogenated alkanes) is 3. The summed E-state index contributed by atoms with van der Waals surface area (Å²) < 4.78 is 44.2. The Morgan fingerprint density at radius 2 is 1.81 bits per heavy atom. The van der Waals surface area contributed by atoms with Crippen molar-refractivity contribution in [2.45, 2.75) is 127 Å². The van der Waals surface area contributed by atoms with Crippen molar-refractivity contribution in [1.82, 2.24) is 24.8 Å². The number of hydrogen-bond acceptors (Lipinski definition) is 11. The number of urea groups is 1. The number of likely N-dealkylation sites (tertiary alicyclic amines) is 2. The molecule has 1 aromatic carbocycles. The Kier molecular flexibility index (Phi) is 12.5. The van der Waals surface area contributed by atoms with Gasteiger partial charge in [0.05, 0.1) is 48.7 Å². The van der Waals surface area contributed by atoms with E-state index in [-0.39, 0.29) is 44.0 Å². The van der Waals surface area contributed by atoms with Crippen molar-refractivity contribution in [3.63, 3.8) is 0 Å². The first-order chi connectivity index (χ1) is 27.3. The van der Waals surface area contributed by atoms with Crippen LogP contribution in [0.4, 0.5) is 4.79 Å². The van der Waals surface area contributed by atoms with Gasteiger partial charge in [-0.3, -0.25) is 19.1 Å². The monoisotopic (exact) mass is 826 g/mol. The van der Waals surface area contributed by atoms with E-state index >= 15 is 0 Å². The van der Waals surface area contributed by atoms with Crippen molar-refractivity contribution in [2.24, 2.45) is 17.6 Å². The summed E-state index contributed by atoms with van der Waals surface area (Å²) >= 11 is 0. The molecule has 16 nitrogen and oxygen atoms in total. The van der Waals surface area contributed by atoms with E-state index in [2.05, 4.69) is 10.0 Å². The van der Waals surface area contributed by atoms with Gasteiger partial charge < -0.3 is 40.2 Å². The smallest absolute Gasteiger partial charge is 0.318 e. The van der Waals surface area contributed by atoms with Crippen LogP contribution in [0.1, 0.15) is 91.0 Å². The normalized spacial score (nSPS) is 23.7. The zero-order chi connectivity index (χ0) is 42.2. The summed E-state index contributed by atoms with van der Waals surface area (Å²) in [6, 6.07) is 2.94. The number of β-amino-alcohol motifs (C(OH)–C–C–N with tert-alkyl or cyclic N) is 1. The standard InChI is InChI=1S/C41H58N6O10S/c1-24(2)56-34-20-33(28-14-15-32(55-6)25(3)35(28)44-34)57-27-19-31(36(42)48)47(21-27)38(50)30(43-39(51)46-22-40(4,52)23-46)13-11-9-7-8-10-12-26-18-29(26)37(49)45-58(53,54)41(5)16-17-41/h10,12,14-15,20,24,26-27,29-31,52H,7-9,11,13,16-19,21-23H2,1-6H3,(H2,42,48)(H,43,51)(H,45,49)/b12-10-/t26-,27-,29+,30+,31+/m1/s1. The van der Waals surface area contributed by atoms with Gasteiger partial charge in [0.2, 0.25) is 33.6 Å². The zero-order valence-corrected chi connectivity index (χ0v) is 35.1. The molecule has 2 aliphatic heterocycles. The number of fused-ring (bicyclic) bond motifs is 1. The first-order valence-electron chi connectivity index (χ1n) is 20.2. The summed E-state index contributed by atoms with van der Waals surface area (Å²) in [5.74, 6) is -0.440. The Bertz CT molecular complexity index is 2040. The number of amides is 5. The first-order valence-corrected chi connectivity index (χ1v) is 21.7. The van der Waals surface area contributed by atoms with Gasteiger partial charge in [0.25, 0.3) is 0 Å². The van der Waals surface area contributed by atoms with E-state index in [0.29, 0.717) is 60.4 Å². The SMILES string of the molecule is COc1ccc2c(O[C@@H]3C[C@@H](C(N)=O)N(C(=O)[C@H](CCCCC/C=C\[C@@H]4C[C@@H]4C(=O)NS(=O)(=O)C4(C)CC4)NC(=O)N4CC(C)(O)C4)C3)cc(OC(C)C)nc2c1C. The molecule has 4 aliphatic rings. The highest BCUT2D eigenvalue weighted by Crippen LogP contribution is 2.44.